The lowest BCUT2D eigenvalue weighted by Gasteiger charge is -2.25. The SMILES string of the molecule is N=Cc1ccc(Br)cc1NC1CCCCO1. The Bertz CT molecular complexity index is 375. The van der Waals surface area contributed by atoms with Crippen LogP contribution in [0.25, 0.3) is 0 Å². The van der Waals surface area contributed by atoms with Crippen LogP contribution in [0.4, 0.5) is 5.69 Å². The minimum absolute atomic E-state index is 0.0850. The second kappa shape index (κ2) is 5.46. The maximum Gasteiger partial charge on any atom is 0.127 e. The summed E-state index contributed by atoms with van der Waals surface area (Å²) in [5.74, 6) is 0. The molecule has 3 nitrogen and oxygen atoms in total. The molecule has 1 aromatic carbocycles. The van der Waals surface area contributed by atoms with Gasteiger partial charge in [0.05, 0.1) is 0 Å². The van der Waals surface area contributed by atoms with Crippen LogP contribution < -0.4 is 5.32 Å². The lowest BCUT2D eigenvalue weighted by molar-refractivity contribution is 0.0343. The summed E-state index contributed by atoms with van der Waals surface area (Å²) < 4.78 is 6.63. The van der Waals surface area contributed by atoms with Crippen LogP contribution in [0.1, 0.15) is 24.8 Å². The molecule has 0 bridgehead atoms. The number of anilines is 1. The van der Waals surface area contributed by atoms with Crippen LogP contribution in [-0.2, 0) is 4.74 Å². The van der Waals surface area contributed by atoms with Gasteiger partial charge in [-0.3, -0.25) is 0 Å². The van der Waals surface area contributed by atoms with Crippen molar-refractivity contribution in [2.24, 2.45) is 0 Å². The molecule has 2 rings (SSSR count). The minimum Gasteiger partial charge on any atom is -0.360 e. The van der Waals surface area contributed by atoms with E-state index in [1.54, 1.807) is 0 Å². The second-order valence-electron chi connectivity index (χ2n) is 3.88. The third-order valence-corrected chi connectivity index (χ3v) is 3.16. The van der Waals surface area contributed by atoms with Gasteiger partial charge in [0.1, 0.15) is 6.23 Å². The molecule has 0 saturated carbocycles. The first kappa shape index (κ1) is 11.6. The molecule has 0 spiro atoms. The Labute approximate surface area is 104 Å². The van der Waals surface area contributed by atoms with Crippen molar-refractivity contribution in [2.45, 2.75) is 25.5 Å². The van der Waals surface area contributed by atoms with Crippen LogP contribution in [0.2, 0.25) is 0 Å². The Kier molecular flexibility index (Phi) is 3.96. The molecule has 1 aliphatic rings. The number of ether oxygens (including phenoxy) is 1. The third kappa shape index (κ3) is 2.83. The first-order chi connectivity index (χ1) is 7.79. The average molecular weight is 283 g/mol. The van der Waals surface area contributed by atoms with E-state index in [0.717, 1.165) is 35.2 Å². The zero-order chi connectivity index (χ0) is 11.4. The Morgan fingerprint density at radius 2 is 2.31 bits per heavy atom. The first-order valence-corrected chi connectivity index (χ1v) is 6.27. The Balaban J connectivity index is 2.12. The molecule has 0 aromatic heterocycles. The van der Waals surface area contributed by atoms with Gasteiger partial charge in [-0.25, -0.2) is 0 Å². The molecule has 1 fully saturated rings. The monoisotopic (exact) mass is 282 g/mol. The highest BCUT2D eigenvalue weighted by molar-refractivity contribution is 9.10. The van der Waals surface area contributed by atoms with Crippen molar-refractivity contribution in [1.29, 1.82) is 5.41 Å². The van der Waals surface area contributed by atoms with E-state index in [1.807, 2.05) is 18.2 Å². The molecule has 16 heavy (non-hydrogen) atoms. The lowest BCUT2D eigenvalue weighted by Crippen LogP contribution is -2.27. The topological polar surface area (TPSA) is 45.1 Å². The maximum absolute atomic E-state index is 7.35. The number of nitrogens with one attached hydrogen (secondary N) is 2. The number of hydrogen-bond acceptors (Lipinski definition) is 3. The van der Waals surface area contributed by atoms with Gasteiger partial charge in [0, 0.05) is 28.5 Å². The Hall–Kier alpha value is -0.870. The van der Waals surface area contributed by atoms with Crippen LogP contribution in [0.5, 0.6) is 0 Å². The van der Waals surface area contributed by atoms with Gasteiger partial charge in [-0.2, -0.15) is 0 Å². The zero-order valence-corrected chi connectivity index (χ0v) is 10.6. The molecule has 1 unspecified atom stereocenters. The van der Waals surface area contributed by atoms with E-state index in [9.17, 15) is 0 Å². The van der Waals surface area contributed by atoms with E-state index in [4.69, 9.17) is 10.1 Å². The smallest absolute Gasteiger partial charge is 0.127 e. The van der Waals surface area contributed by atoms with Gasteiger partial charge < -0.3 is 15.5 Å². The number of halogens is 1. The lowest BCUT2D eigenvalue weighted by atomic mass is 10.1. The summed E-state index contributed by atoms with van der Waals surface area (Å²) in [7, 11) is 0. The predicted molar refractivity (Wildman–Crippen MR) is 69.2 cm³/mol. The van der Waals surface area contributed by atoms with Crippen LogP contribution in [-0.4, -0.2) is 19.0 Å². The zero-order valence-electron chi connectivity index (χ0n) is 9.00. The molecule has 1 atom stereocenters. The summed E-state index contributed by atoms with van der Waals surface area (Å²) in [5.41, 5.74) is 1.84. The Morgan fingerprint density at radius 1 is 1.44 bits per heavy atom. The highest BCUT2D eigenvalue weighted by atomic mass is 79.9. The van der Waals surface area contributed by atoms with Crippen molar-refractivity contribution >= 4 is 27.8 Å². The normalized spacial score (nSPS) is 20.4. The van der Waals surface area contributed by atoms with Gasteiger partial charge >= 0.3 is 0 Å². The molecule has 0 radical (unpaired) electrons. The highest BCUT2D eigenvalue weighted by Crippen LogP contribution is 2.23. The predicted octanol–water partition coefficient (Wildman–Crippen LogP) is 3.39. The molecule has 86 valence electrons. The third-order valence-electron chi connectivity index (χ3n) is 2.67. The number of benzene rings is 1. The van der Waals surface area contributed by atoms with Crippen molar-refractivity contribution in [2.75, 3.05) is 11.9 Å². The summed E-state index contributed by atoms with van der Waals surface area (Å²) in [6.07, 6.45) is 4.82. The molecule has 1 saturated heterocycles. The van der Waals surface area contributed by atoms with Gasteiger partial charge in [-0.15, -0.1) is 0 Å². The standard InChI is InChI=1S/C12H15BrN2O/c13-10-5-4-9(8-14)11(7-10)15-12-3-1-2-6-16-12/h4-5,7-8,12,14-15H,1-3,6H2. The molecule has 0 amide bonds. The highest BCUT2D eigenvalue weighted by Gasteiger charge is 2.14. The van der Waals surface area contributed by atoms with Crippen LogP contribution >= 0.6 is 15.9 Å². The Morgan fingerprint density at radius 3 is 3.00 bits per heavy atom. The summed E-state index contributed by atoms with van der Waals surface area (Å²) >= 11 is 3.43. The first-order valence-electron chi connectivity index (χ1n) is 5.48. The van der Waals surface area contributed by atoms with E-state index in [-0.39, 0.29) is 6.23 Å². The van der Waals surface area contributed by atoms with E-state index < -0.39 is 0 Å². The molecular weight excluding hydrogens is 268 g/mol. The van der Waals surface area contributed by atoms with Gasteiger partial charge in [-0.1, -0.05) is 22.0 Å². The summed E-state index contributed by atoms with van der Waals surface area (Å²) in [4.78, 5) is 0. The van der Waals surface area contributed by atoms with E-state index >= 15 is 0 Å². The molecule has 0 aliphatic carbocycles. The molecule has 1 aromatic rings. The largest absolute Gasteiger partial charge is 0.360 e. The van der Waals surface area contributed by atoms with Crippen molar-refractivity contribution in [3.05, 3.63) is 28.2 Å². The fraction of sp³-hybridized carbons (Fsp3) is 0.417. The molecule has 4 heteroatoms. The summed E-state index contributed by atoms with van der Waals surface area (Å²) in [5, 5.41) is 10.7. The van der Waals surface area contributed by atoms with Crippen molar-refractivity contribution in [3.8, 4) is 0 Å². The fourth-order valence-corrected chi connectivity index (χ4v) is 2.17. The van der Waals surface area contributed by atoms with Gasteiger partial charge in [0.15, 0.2) is 0 Å². The number of rotatable bonds is 3. The summed E-state index contributed by atoms with van der Waals surface area (Å²) in [6.45, 7) is 0.825. The van der Waals surface area contributed by atoms with Crippen molar-refractivity contribution < 1.29 is 4.74 Å². The molecule has 2 N–H and O–H groups in total. The van der Waals surface area contributed by atoms with Gasteiger partial charge in [0.2, 0.25) is 0 Å². The van der Waals surface area contributed by atoms with Crippen LogP contribution in [0.15, 0.2) is 22.7 Å². The van der Waals surface area contributed by atoms with Gasteiger partial charge in [-0.05, 0) is 31.4 Å². The molecule has 1 aliphatic heterocycles. The number of hydrogen-bond donors (Lipinski definition) is 2. The average Bonchev–Trinajstić information content (AvgIpc) is 2.31. The van der Waals surface area contributed by atoms with Crippen LogP contribution in [0, 0.1) is 5.41 Å². The molecule has 1 heterocycles. The van der Waals surface area contributed by atoms with Crippen molar-refractivity contribution in [3.63, 3.8) is 0 Å². The fourth-order valence-electron chi connectivity index (χ4n) is 1.81. The summed E-state index contributed by atoms with van der Waals surface area (Å²) in [6, 6.07) is 5.84. The quantitative estimate of drug-likeness (QED) is 0.835. The second-order valence-corrected chi connectivity index (χ2v) is 4.79. The van der Waals surface area contributed by atoms with Gasteiger partial charge in [0.25, 0.3) is 0 Å². The molecular formula is C12H15BrN2O. The van der Waals surface area contributed by atoms with E-state index in [0.29, 0.717) is 0 Å². The minimum atomic E-state index is 0.0850. The van der Waals surface area contributed by atoms with E-state index in [1.165, 1.54) is 12.6 Å². The maximum atomic E-state index is 7.35. The van der Waals surface area contributed by atoms with Crippen molar-refractivity contribution in [1.82, 2.24) is 0 Å². The van der Waals surface area contributed by atoms with E-state index in [2.05, 4.69) is 21.2 Å². The van der Waals surface area contributed by atoms with Crippen LogP contribution in [0.3, 0.4) is 0 Å².